The van der Waals surface area contributed by atoms with Crippen LogP contribution in [-0.4, -0.2) is 95.5 Å². The largest absolute Gasteiger partial charge is 0.444 e. The third-order valence-electron chi connectivity index (χ3n) is 12.1. The molecule has 282 valence electrons. The predicted octanol–water partition coefficient (Wildman–Crippen LogP) is 3.74. The Labute approximate surface area is 304 Å². The number of fused-ring (bicyclic) bond motifs is 3. The van der Waals surface area contributed by atoms with Crippen molar-refractivity contribution in [1.29, 1.82) is 0 Å². The van der Waals surface area contributed by atoms with Crippen LogP contribution in [0.4, 0.5) is 9.18 Å². The van der Waals surface area contributed by atoms with Crippen LogP contribution < -0.4 is 10.0 Å². The molecule has 2 N–H and O–H groups in total. The van der Waals surface area contributed by atoms with E-state index in [0.717, 1.165) is 64.5 Å². The van der Waals surface area contributed by atoms with Crippen molar-refractivity contribution in [3.63, 3.8) is 0 Å². The van der Waals surface area contributed by atoms with Crippen LogP contribution >= 0.6 is 0 Å². The minimum absolute atomic E-state index is 0.00753. The van der Waals surface area contributed by atoms with Crippen LogP contribution in [0.5, 0.6) is 0 Å². The van der Waals surface area contributed by atoms with Crippen LogP contribution in [0.15, 0.2) is 30.4 Å². The number of carbonyl (C=O) groups is 4. The van der Waals surface area contributed by atoms with E-state index in [9.17, 15) is 32.0 Å². The molecular formula is C38H50FN5O7S. The van der Waals surface area contributed by atoms with Crippen LogP contribution in [0.25, 0.3) is 0 Å². The first-order valence-electron chi connectivity index (χ1n) is 19.3. The number of hydrogen-bond donors (Lipinski definition) is 2. The molecule has 0 radical (unpaired) electrons. The Morgan fingerprint density at radius 2 is 1.75 bits per heavy atom. The zero-order valence-corrected chi connectivity index (χ0v) is 30.5. The number of nitrogens with one attached hydrogen (secondary N) is 2. The average molecular weight is 740 g/mol. The number of carbonyl (C=O) groups excluding carboxylic acids is 4. The first-order chi connectivity index (χ1) is 25.0. The predicted molar refractivity (Wildman–Crippen MR) is 188 cm³/mol. The maximum Gasteiger partial charge on any atom is 0.410 e. The number of amides is 4. The van der Waals surface area contributed by atoms with E-state index in [-0.39, 0.29) is 44.2 Å². The minimum atomic E-state index is -3.87. The quantitative estimate of drug-likeness (QED) is 0.365. The molecule has 12 nitrogen and oxygen atoms in total. The molecule has 7 aliphatic rings. The Bertz CT molecular complexity index is 1730. The highest BCUT2D eigenvalue weighted by molar-refractivity contribution is 7.91. The number of halogens is 1. The summed E-state index contributed by atoms with van der Waals surface area (Å²) < 4.78 is 48.3. The third kappa shape index (κ3) is 7.60. The highest BCUT2D eigenvalue weighted by Crippen LogP contribution is 2.46. The highest BCUT2D eigenvalue weighted by Gasteiger charge is 2.62. The van der Waals surface area contributed by atoms with Gasteiger partial charge in [0, 0.05) is 37.5 Å². The van der Waals surface area contributed by atoms with E-state index in [1.807, 2.05) is 12.2 Å². The Morgan fingerprint density at radius 1 is 1.00 bits per heavy atom. The van der Waals surface area contributed by atoms with Gasteiger partial charge in [0.05, 0.1) is 24.4 Å². The SMILES string of the molecule is O=C1N[C@]2(C(=O)NS(=O)(=O)C3CC3)C[C@@H]2/C=C\CCCCC[C@H](N(CC2CC2)CC2CC2)C(=O)N2C[C@H](OC(=O)N3Cc4cccc(F)c4C3)C[C@@H]12. The Kier molecular flexibility index (Phi) is 9.59. The molecule has 3 aliphatic heterocycles. The lowest BCUT2D eigenvalue weighted by atomic mass is 10.0. The normalized spacial score (nSPS) is 31.5. The number of ether oxygens (including phenoxy) is 1. The maximum absolute atomic E-state index is 14.8. The molecule has 4 saturated carbocycles. The Hall–Kier alpha value is -3.52. The minimum Gasteiger partial charge on any atom is -0.444 e. The molecule has 52 heavy (non-hydrogen) atoms. The molecule has 3 heterocycles. The molecule has 0 unspecified atom stereocenters. The zero-order chi connectivity index (χ0) is 36.2. The van der Waals surface area contributed by atoms with E-state index in [1.165, 1.54) is 11.0 Å². The van der Waals surface area contributed by atoms with Crippen LogP contribution in [0.3, 0.4) is 0 Å². The van der Waals surface area contributed by atoms with Crippen molar-refractivity contribution in [2.24, 2.45) is 17.8 Å². The van der Waals surface area contributed by atoms with Gasteiger partial charge in [-0.2, -0.15) is 0 Å². The van der Waals surface area contributed by atoms with E-state index in [2.05, 4.69) is 14.9 Å². The second-order valence-corrected chi connectivity index (χ2v) is 18.3. The van der Waals surface area contributed by atoms with Gasteiger partial charge < -0.3 is 15.0 Å². The van der Waals surface area contributed by atoms with Crippen molar-refractivity contribution in [3.8, 4) is 0 Å². The molecule has 5 atom stereocenters. The fraction of sp³-hybridized carbons (Fsp3) is 0.684. The van der Waals surface area contributed by atoms with Gasteiger partial charge in [0.15, 0.2) is 0 Å². The lowest BCUT2D eigenvalue weighted by Crippen LogP contribution is -2.58. The van der Waals surface area contributed by atoms with Crippen LogP contribution in [0, 0.1) is 23.6 Å². The second-order valence-electron chi connectivity index (χ2n) is 16.4. The van der Waals surface area contributed by atoms with Crippen molar-refractivity contribution < 1.29 is 36.7 Å². The third-order valence-corrected chi connectivity index (χ3v) is 13.9. The zero-order valence-electron chi connectivity index (χ0n) is 29.6. The molecule has 4 aliphatic carbocycles. The standard InChI is InChI=1S/C38H50FN5O7S/c39-31-9-6-7-26-21-43(23-30(26)31)37(48)51-28-17-33-34(45)40-38(36(47)41-52(49,50)29-15-16-29)18-27(38)8-4-2-1-3-5-10-32(35(46)44(33)22-28)42(19-24-11-12-24)20-25-13-14-25/h4,6-9,24-25,27-29,32-33H,1-3,5,10-23H2,(H,40,45)(H,41,47)/b8-4-/t27-,28+,32-,33-,38+/m0/s1. The molecule has 1 saturated heterocycles. The van der Waals surface area contributed by atoms with Crippen molar-refractivity contribution in [2.75, 3.05) is 19.6 Å². The summed E-state index contributed by atoms with van der Waals surface area (Å²) in [5.41, 5.74) is -0.309. The van der Waals surface area contributed by atoms with Gasteiger partial charge in [0.1, 0.15) is 23.5 Å². The van der Waals surface area contributed by atoms with Gasteiger partial charge >= 0.3 is 6.09 Å². The van der Waals surface area contributed by atoms with Crippen LogP contribution in [0.1, 0.15) is 94.6 Å². The molecule has 1 aromatic carbocycles. The van der Waals surface area contributed by atoms with Gasteiger partial charge in [-0.1, -0.05) is 37.1 Å². The number of hydrogen-bond acceptors (Lipinski definition) is 8. The fourth-order valence-corrected chi connectivity index (χ4v) is 9.72. The van der Waals surface area contributed by atoms with Gasteiger partial charge in [-0.3, -0.25) is 28.9 Å². The Balaban J connectivity index is 1.06. The lowest BCUT2D eigenvalue weighted by molar-refractivity contribution is -0.144. The monoisotopic (exact) mass is 739 g/mol. The summed E-state index contributed by atoms with van der Waals surface area (Å²) in [6, 6.07) is 3.28. The Morgan fingerprint density at radius 3 is 2.44 bits per heavy atom. The number of allylic oxidation sites excluding steroid dienone is 1. The van der Waals surface area contributed by atoms with Gasteiger partial charge in [-0.15, -0.1) is 0 Å². The molecule has 0 spiro atoms. The summed E-state index contributed by atoms with van der Waals surface area (Å²) in [5, 5.41) is 2.31. The van der Waals surface area contributed by atoms with Crippen molar-refractivity contribution in [1.82, 2.24) is 24.7 Å². The lowest BCUT2D eigenvalue weighted by Gasteiger charge is -2.36. The van der Waals surface area contributed by atoms with E-state index < -0.39 is 62.8 Å². The molecular weight excluding hydrogens is 690 g/mol. The average Bonchev–Trinajstić information content (AvgIpc) is 3.89. The smallest absolute Gasteiger partial charge is 0.410 e. The van der Waals surface area contributed by atoms with Crippen molar-refractivity contribution in [3.05, 3.63) is 47.3 Å². The number of benzene rings is 1. The first kappa shape index (κ1) is 35.5. The van der Waals surface area contributed by atoms with Crippen LogP contribution in [0.2, 0.25) is 0 Å². The molecule has 5 fully saturated rings. The van der Waals surface area contributed by atoms with Crippen molar-refractivity contribution >= 4 is 33.8 Å². The van der Waals surface area contributed by atoms with Gasteiger partial charge in [-0.25, -0.2) is 17.6 Å². The first-order valence-corrected chi connectivity index (χ1v) is 20.9. The topological polar surface area (TPSA) is 145 Å². The van der Waals surface area contributed by atoms with Crippen molar-refractivity contribution in [2.45, 2.75) is 126 Å². The van der Waals surface area contributed by atoms with E-state index in [0.29, 0.717) is 42.2 Å². The summed E-state index contributed by atoms with van der Waals surface area (Å²) in [6.45, 7) is 1.95. The number of nitrogens with zero attached hydrogens (tertiary/aromatic N) is 3. The molecule has 0 bridgehead atoms. The summed E-state index contributed by atoms with van der Waals surface area (Å²) in [7, 11) is -3.87. The van der Waals surface area contributed by atoms with Gasteiger partial charge in [0.2, 0.25) is 21.8 Å². The molecule has 0 aromatic heterocycles. The highest BCUT2D eigenvalue weighted by atomic mass is 32.2. The molecule has 1 aromatic rings. The number of rotatable bonds is 9. The van der Waals surface area contributed by atoms with E-state index >= 15 is 0 Å². The number of sulfonamides is 1. The van der Waals surface area contributed by atoms with Crippen LogP contribution in [-0.2, 0) is 42.2 Å². The molecule has 8 rings (SSSR count). The van der Waals surface area contributed by atoms with E-state index in [4.69, 9.17) is 4.74 Å². The summed E-state index contributed by atoms with van der Waals surface area (Å²) in [6.07, 6.45) is 12.4. The second kappa shape index (κ2) is 14.0. The summed E-state index contributed by atoms with van der Waals surface area (Å²) in [4.78, 5) is 61.7. The van der Waals surface area contributed by atoms with Gasteiger partial charge in [0.25, 0.3) is 5.91 Å². The maximum atomic E-state index is 14.8. The fourth-order valence-electron chi connectivity index (χ4n) is 8.35. The van der Waals surface area contributed by atoms with Gasteiger partial charge in [-0.05, 0) is 87.7 Å². The van der Waals surface area contributed by atoms with E-state index in [1.54, 1.807) is 17.0 Å². The molecule has 4 amide bonds. The summed E-state index contributed by atoms with van der Waals surface area (Å²) in [5.74, 6) is -1.16. The molecule has 14 heteroatoms. The summed E-state index contributed by atoms with van der Waals surface area (Å²) >= 11 is 0.